The van der Waals surface area contributed by atoms with Crippen LogP contribution in [0.15, 0.2) is 30.5 Å². The van der Waals surface area contributed by atoms with E-state index in [0.29, 0.717) is 11.3 Å². The highest BCUT2D eigenvalue weighted by Gasteiger charge is 2.09. The number of nitrogens with zero attached hydrogens (tertiary/aromatic N) is 3. The van der Waals surface area contributed by atoms with Gasteiger partial charge in [0, 0.05) is 7.05 Å². The molecule has 1 aromatic heterocycles. The Bertz CT molecular complexity index is 609. The van der Waals surface area contributed by atoms with E-state index < -0.39 is 5.82 Å². The molecule has 6 heteroatoms. The van der Waals surface area contributed by atoms with Crippen LogP contribution in [0.5, 0.6) is 11.6 Å². The number of anilines is 1. The molecule has 1 aromatic carbocycles. The lowest BCUT2D eigenvalue weighted by atomic mass is 10.2. The third kappa shape index (κ3) is 2.52. The number of halogens is 1. The zero-order valence-corrected chi connectivity index (χ0v) is 9.51. The molecule has 1 N–H and O–H groups in total. The second kappa shape index (κ2) is 5.10. The van der Waals surface area contributed by atoms with Crippen molar-refractivity contribution in [1.82, 2.24) is 9.97 Å². The number of hydrogen-bond donors (Lipinski definition) is 1. The quantitative estimate of drug-likeness (QED) is 0.897. The predicted octanol–water partition coefficient (Wildman–Crippen LogP) is 2.32. The Balaban J connectivity index is 2.30. The van der Waals surface area contributed by atoms with Gasteiger partial charge in [-0.2, -0.15) is 14.6 Å². The lowest BCUT2D eigenvalue weighted by Crippen LogP contribution is -2.00. The van der Waals surface area contributed by atoms with E-state index in [1.807, 2.05) is 6.07 Å². The Morgan fingerprint density at radius 1 is 1.44 bits per heavy atom. The Morgan fingerprint density at radius 2 is 2.28 bits per heavy atom. The van der Waals surface area contributed by atoms with Gasteiger partial charge in [-0.3, -0.25) is 0 Å². The first-order valence-corrected chi connectivity index (χ1v) is 5.11. The number of nitrogens with one attached hydrogen (secondary N) is 1. The van der Waals surface area contributed by atoms with Crippen molar-refractivity contribution in [3.8, 4) is 17.7 Å². The van der Waals surface area contributed by atoms with Crippen molar-refractivity contribution >= 4 is 5.95 Å². The summed E-state index contributed by atoms with van der Waals surface area (Å²) in [5.74, 6) is -0.266. The van der Waals surface area contributed by atoms with Gasteiger partial charge in [0.2, 0.25) is 11.8 Å². The predicted molar refractivity (Wildman–Crippen MR) is 62.8 cm³/mol. The molecule has 0 fully saturated rings. The van der Waals surface area contributed by atoms with Gasteiger partial charge in [-0.25, -0.2) is 4.98 Å². The summed E-state index contributed by atoms with van der Waals surface area (Å²) in [6, 6.07) is 8.36. The van der Waals surface area contributed by atoms with Crippen LogP contribution in [-0.4, -0.2) is 17.0 Å². The second-order valence-corrected chi connectivity index (χ2v) is 3.34. The standard InChI is InChI=1S/C12H9FN4O/c1-15-12-16-7-10(13)11(17-12)18-9-4-2-3-8(5-9)6-14/h2-5,7H,1H3,(H,15,16,17). The largest absolute Gasteiger partial charge is 0.436 e. The lowest BCUT2D eigenvalue weighted by molar-refractivity contribution is 0.420. The van der Waals surface area contributed by atoms with Crippen molar-refractivity contribution in [2.24, 2.45) is 0 Å². The van der Waals surface area contributed by atoms with Gasteiger partial charge in [-0.15, -0.1) is 0 Å². The fourth-order valence-electron chi connectivity index (χ4n) is 1.28. The minimum absolute atomic E-state index is 0.190. The molecule has 5 nitrogen and oxygen atoms in total. The van der Waals surface area contributed by atoms with E-state index in [4.69, 9.17) is 10.00 Å². The van der Waals surface area contributed by atoms with Crippen LogP contribution in [0.4, 0.5) is 10.3 Å². The molecule has 0 bridgehead atoms. The summed E-state index contributed by atoms with van der Waals surface area (Å²) < 4.78 is 18.7. The molecule has 0 aliphatic rings. The molecule has 0 spiro atoms. The van der Waals surface area contributed by atoms with Crippen molar-refractivity contribution in [2.45, 2.75) is 0 Å². The first-order chi connectivity index (χ1) is 8.72. The summed E-state index contributed by atoms with van der Waals surface area (Å²) in [6.07, 6.45) is 1.02. The third-order valence-corrected chi connectivity index (χ3v) is 2.11. The number of rotatable bonds is 3. The van der Waals surface area contributed by atoms with Crippen LogP contribution < -0.4 is 10.1 Å². The van der Waals surface area contributed by atoms with Gasteiger partial charge in [-0.05, 0) is 18.2 Å². The molecule has 0 radical (unpaired) electrons. The highest BCUT2D eigenvalue weighted by atomic mass is 19.1. The highest BCUT2D eigenvalue weighted by molar-refractivity contribution is 5.38. The van der Waals surface area contributed by atoms with Crippen LogP contribution in [-0.2, 0) is 0 Å². The lowest BCUT2D eigenvalue weighted by Gasteiger charge is -2.06. The Hall–Kier alpha value is -2.68. The van der Waals surface area contributed by atoms with Crippen LogP contribution >= 0.6 is 0 Å². The van der Waals surface area contributed by atoms with Crippen LogP contribution in [0.3, 0.4) is 0 Å². The minimum atomic E-state index is -0.670. The molecular weight excluding hydrogens is 235 g/mol. The van der Waals surface area contributed by atoms with Gasteiger partial charge in [0.15, 0.2) is 0 Å². The molecular formula is C12H9FN4O. The molecule has 1 heterocycles. The van der Waals surface area contributed by atoms with Crippen molar-refractivity contribution < 1.29 is 9.13 Å². The third-order valence-electron chi connectivity index (χ3n) is 2.11. The average Bonchev–Trinajstić information content (AvgIpc) is 2.41. The number of benzene rings is 1. The molecule has 0 saturated heterocycles. The maximum Gasteiger partial charge on any atom is 0.260 e. The fourth-order valence-corrected chi connectivity index (χ4v) is 1.28. The normalized spacial score (nSPS) is 9.61. The fraction of sp³-hybridized carbons (Fsp3) is 0.0833. The average molecular weight is 244 g/mol. The molecule has 0 aliphatic heterocycles. The smallest absolute Gasteiger partial charge is 0.260 e. The maximum absolute atomic E-state index is 13.4. The molecule has 0 amide bonds. The van der Waals surface area contributed by atoms with E-state index in [9.17, 15) is 4.39 Å². The van der Waals surface area contributed by atoms with Crippen LogP contribution in [0, 0.1) is 17.1 Å². The monoisotopic (exact) mass is 244 g/mol. The molecule has 0 unspecified atom stereocenters. The first kappa shape index (κ1) is 11.8. The van der Waals surface area contributed by atoms with Gasteiger partial charge in [0.05, 0.1) is 17.8 Å². The maximum atomic E-state index is 13.4. The van der Waals surface area contributed by atoms with Crippen LogP contribution in [0.1, 0.15) is 5.56 Å². The summed E-state index contributed by atoms with van der Waals surface area (Å²) in [5.41, 5.74) is 0.427. The first-order valence-electron chi connectivity index (χ1n) is 5.11. The van der Waals surface area contributed by atoms with Crippen molar-refractivity contribution in [2.75, 3.05) is 12.4 Å². The molecule has 90 valence electrons. The van der Waals surface area contributed by atoms with Gasteiger partial charge in [0.25, 0.3) is 5.88 Å². The van der Waals surface area contributed by atoms with Crippen molar-refractivity contribution in [3.63, 3.8) is 0 Å². The highest BCUT2D eigenvalue weighted by Crippen LogP contribution is 2.23. The van der Waals surface area contributed by atoms with Gasteiger partial charge >= 0.3 is 0 Å². The minimum Gasteiger partial charge on any atom is -0.436 e. The van der Waals surface area contributed by atoms with E-state index >= 15 is 0 Å². The second-order valence-electron chi connectivity index (χ2n) is 3.34. The summed E-state index contributed by atoms with van der Waals surface area (Å²) in [4.78, 5) is 7.54. The molecule has 2 rings (SSSR count). The zero-order valence-electron chi connectivity index (χ0n) is 9.51. The van der Waals surface area contributed by atoms with Crippen LogP contribution in [0.2, 0.25) is 0 Å². The molecule has 0 atom stereocenters. The van der Waals surface area contributed by atoms with Crippen molar-refractivity contribution in [3.05, 3.63) is 41.8 Å². The SMILES string of the molecule is CNc1ncc(F)c(Oc2cccc(C#N)c2)n1. The van der Waals surface area contributed by atoms with Gasteiger partial charge in [0.1, 0.15) is 5.75 Å². The topological polar surface area (TPSA) is 70.8 Å². The van der Waals surface area contributed by atoms with E-state index in [1.54, 1.807) is 25.2 Å². The Morgan fingerprint density at radius 3 is 3.00 bits per heavy atom. The summed E-state index contributed by atoms with van der Waals surface area (Å²) >= 11 is 0. The van der Waals surface area contributed by atoms with Gasteiger partial charge < -0.3 is 10.1 Å². The number of hydrogen-bond acceptors (Lipinski definition) is 5. The summed E-state index contributed by atoms with van der Waals surface area (Å²) in [7, 11) is 1.62. The zero-order chi connectivity index (χ0) is 13.0. The van der Waals surface area contributed by atoms with Crippen molar-refractivity contribution in [1.29, 1.82) is 5.26 Å². The van der Waals surface area contributed by atoms with E-state index in [1.165, 1.54) is 6.07 Å². The number of ether oxygens (including phenoxy) is 1. The van der Waals surface area contributed by atoms with E-state index in [0.717, 1.165) is 6.20 Å². The summed E-state index contributed by atoms with van der Waals surface area (Å²) in [6.45, 7) is 0. The van der Waals surface area contributed by atoms with E-state index in [-0.39, 0.29) is 11.8 Å². The Kier molecular flexibility index (Phi) is 3.34. The molecule has 18 heavy (non-hydrogen) atoms. The number of aromatic nitrogens is 2. The Labute approximate surface area is 103 Å². The van der Waals surface area contributed by atoms with Gasteiger partial charge in [-0.1, -0.05) is 6.07 Å². The molecule has 2 aromatic rings. The number of nitriles is 1. The molecule has 0 saturated carbocycles. The van der Waals surface area contributed by atoms with Crippen LogP contribution in [0.25, 0.3) is 0 Å². The van der Waals surface area contributed by atoms with E-state index in [2.05, 4.69) is 15.3 Å². The summed E-state index contributed by atoms with van der Waals surface area (Å²) in [5, 5.41) is 11.4. The molecule has 0 aliphatic carbocycles.